The van der Waals surface area contributed by atoms with Gasteiger partial charge in [0.1, 0.15) is 5.78 Å². The molecule has 3 unspecified atom stereocenters. The largest absolute Gasteiger partial charge is 0.298 e. The summed E-state index contributed by atoms with van der Waals surface area (Å²) in [5.74, 6) is 1.03. The number of Topliss-reactive ketones (excluding diaryl/α,β-unsaturated/α-hetero) is 1. The highest BCUT2D eigenvalue weighted by Crippen LogP contribution is 2.35. The highest BCUT2D eigenvalue weighted by atomic mass is 16.1. The van der Waals surface area contributed by atoms with E-state index in [1.54, 1.807) is 6.92 Å². The summed E-state index contributed by atoms with van der Waals surface area (Å²) in [5, 5.41) is 0. The fourth-order valence-electron chi connectivity index (χ4n) is 3.38. The number of rotatable bonds is 1. The lowest BCUT2D eigenvalue weighted by Crippen LogP contribution is -2.52. The van der Waals surface area contributed by atoms with Crippen LogP contribution in [0.4, 0.5) is 0 Å². The van der Waals surface area contributed by atoms with Crippen LogP contribution < -0.4 is 0 Å². The molecule has 0 N–H and O–H groups in total. The standard InChI is InChI=1S/C12H21NO/c1-9(14)12-10-5-3-4-6-11(8-7-10)13(12)2/h10-12H,3-8H2,1-2H3. The molecular weight excluding hydrogens is 174 g/mol. The quantitative estimate of drug-likeness (QED) is 0.639. The molecule has 3 rings (SSSR count). The highest BCUT2D eigenvalue weighted by Gasteiger charge is 2.38. The van der Waals surface area contributed by atoms with Crippen molar-refractivity contribution in [1.82, 2.24) is 4.90 Å². The molecule has 80 valence electrons. The molecule has 1 aliphatic carbocycles. The second-order valence-corrected chi connectivity index (χ2v) is 5.00. The summed E-state index contributed by atoms with van der Waals surface area (Å²) in [6.45, 7) is 1.76. The molecule has 2 heteroatoms. The zero-order valence-corrected chi connectivity index (χ0v) is 9.33. The molecule has 3 fully saturated rings. The van der Waals surface area contributed by atoms with Crippen LogP contribution in [0.3, 0.4) is 0 Å². The van der Waals surface area contributed by atoms with Gasteiger partial charge in [0.05, 0.1) is 6.04 Å². The Bertz CT molecular complexity index is 220. The van der Waals surface area contributed by atoms with E-state index in [0.717, 1.165) is 0 Å². The number of piperidine rings is 1. The topological polar surface area (TPSA) is 20.3 Å². The zero-order chi connectivity index (χ0) is 10.1. The van der Waals surface area contributed by atoms with Crippen LogP contribution in [0.5, 0.6) is 0 Å². The maximum Gasteiger partial charge on any atom is 0.147 e. The Balaban J connectivity index is 2.18. The fourth-order valence-corrected chi connectivity index (χ4v) is 3.38. The molecule has 2 bridgehead atoms. The Labute approximate surface area is 86.7 Å². The minimum absolute atomic E-state index is 0.231. The molecule has 2 aliphatic heterocycles. The van der Waals surface area contributed by atoms with E-state index in [0.29, 0.717) is 17.7 Å². The van der Waals surface area contributed by atoms with Crippen LogP contribution in [0.1, 0.15) is 45.4 Å². The van der Waals surface area contributed by atoms with Gasteiger partial charge in [-0.25, -0.2) is 0 Å². The van der Waals surface area contributed by atoms with E-state index < -0.39 is 0 Å². The first-order chi connectivity index (χ1) is 6.70. The molecule has 2 saturated heterocycles. The number of likely N-dealkylation sites (N-methyl/N-ethyl adjacent to an activating group) is 1. The summed E-state index contributed by atoms with van der Waals surface area (Å²) in [4.78, 5) is 14.0. The molecule has 2 nitrogen and oxygen atoms in total. The number of carbonyl (C=O) groups excluding carboxylic acids is 1. The molecule has 2 heterocycles. The first kappa shape index (κ1) is 10.2. The Morgan fingerprint density at radius 1 is 1.14 bits per heavy atom. The lowest BCUT2D eigenvalue weighted by atomic mass is 9.77. The summed E-state index contributed by atoms with van der Waals surface area (Å²) in [6.07, 6.45) is 7.84. The monoisotopic (exact) mass is 195 g/mol. The summed E-state index contributed by atoms with van der Waals surface area (Å²) in [5.41, 5.74) is 0. The molecule has 3 aliphatic rings. The molecule has 0 spiro atoms. The van der Waals surface area contributed by atoms with Crippen molar-refractivity contribution < 1.29 is 4.79 Å². The van der Waals surface area contributed by atoms with Crippen molar-refractivity contribution in [3.63, 3.8) is 0 Å². The third-order valence-electron chi connectivity index (χ3n) is 4.11. The third kappa shape index (κ3) is 1.72. The third-order valence-corrected chi connectivity index (χ3v) is 4.11. The van der Waals surface area contributed by atoms with Gasteiger partial charge in [0, 0.05) is 6.04 Å². The number of nitrogens with zero attached hydrogens (tertiary/aromatic N) is 1. The molecule has 0 aromatic carbocycles. The van der Waals surface area contributed by atoms with Gasteiger partial charge in [-0.3, -0.25) is 9.69 Å². The Kier molecular flexibility index (Phi) is 2.91. The predicted octanol–water partition coefficient (Wildman–Crippen LogP) is 2.23. The van der Waals surface area contributed by atoms with Gasteiger partial charge in [0.25, 0.3) is 0 Å². The van der Waals surface area contributed by atoms with Gasteiger partial charge in [-0.2, -0.15) is 0 Å². The normalized spacial score (nSPS) is 39.1. The minimum Gasteiger partial charge on any atom is -0.298 e. The van der Waals surface area contributed by atoms with Crippen molar-refractivity contribution in [2.75, 3.05) is 7.05 Å². The summed E-state index contributed by atoms with van der Waals surface area (Å²) < 4.78 is 0. The van der Waals surface area contributed by atoms with Crippen molar-refractivity contribution in [3.8, 4) is 0 Å². The van der Waals surface area contributed by atoms with E-state index in [1.807, 2.05) is 0 Å². The molecule has 0 aromatic heterocycles. The number of carbonyl (C=O) groups is 1. The Morgan fingerprint density at radius 2 is 1.86 bits per heavy atom. The lowest BCUT2D eigenvalue weighted by molar-refractivity contribution is -0.127. The second-order valence-electron chi connectivity index (χ2n) is 5.00. The van der Waals surface area contributed by atoms with E-state index in [9.17, 15) is 4.79 Å². The lowest BCUT2D eigenvalue weighted by Gasteiger charge is -2.45. The van der Waals surface area contributed by atoms with Crippen LogP contribution in [-0.2, 0) is 4.79 Å². The molecule has 0 amide bonds. The highest BCUT2D eigenvalue weighted by molar-refractivity contribution is 5.82. The zero-order valence-electron chi connectivity index (χ0n) is 9.33. The van der Waals surface area contributed by atoms with Crippen LogP contribution in [0.25, 0.3) is 0 Å². The van der Waals surface area contributed by atoms with Crippen molar-refractivity contribution in [3.05, 3.63) is 0 Å². The summed E-state index contributed by atoms with van der Waals surface area (Å²) in [6, 6.07) is 0.912. The van der Waals surface area contributed by atoms with Gasteiger partial charge in [0.15, 0.2) is 0 Å². The van der Waals surface area contributed by atoms with Gasteiger partial charge in [-0.05, 0) is 45.6 Å². The molecular formula is C12H21NO. The molecule has 3 atom stereocenters. The van der Waals surface area contributed by atoms with Crippen molar-refractivity contribution in [1.29, 1.82) is 0 Å². The van der Waals surface area contributed by atoms with E-state index in [1.165, 1.54) is 38.5 Å². The first-order valence-corrected chi connectivity index (χ1v) is 5.92. The number of hydrogen-bond donors (Lipinski definition) is 0. The summed E-state index contributed by atoms with van der Waals surface area (Å²) >= 11 is 0. The van der Waals surface area contributed by atoms with E-state index >= 15 is 0 Å². The van der Waals surface area contributed by atoms with E-state index in [2.05, 4.69) is 11.9 Å². The van der Waals surface area contributed by atoms with Gasteiger partial charge < -0.3 is 0 Å². The van der Waals surface area contributed by atoms with Gasteiger partial charge >= 0.3 is 0 Å². The summed E-state index contributed by atoms with van der Waals surface area (Å²) in [7, 11) is 2.15. The average Bonchev–Trinajstić information content (AvgIpc) is 2.06. The Morgan fingerprint density at radius 3 is 2.57 bits per heavy atom. The van der Waals surface area contributed by atoms with Crippen LogP contribution in [-0.4, -0.2) is 29.8 Å². The maximum atomic E-state index is 11.6. The van der Waals surface area contributed by atoms with E-state index in [-0.39, 0.29) is 6.04 Å². The van der Waals surface area contributed by atoms with Crippen LogP contribution in [0, 0.1) is 5.92 Å². The van der Waals surface area contributed by atoms with Crippen LogP contribution in [0.15, 0.2) is 0 Å². The van der Waals surface area contributed by atoms with Crippen LogP contribution >= 0.6 is 0 Å². The smallest absolute Gasteiger partial charge is 0.147 e. The average molecular weight is 195 g/mol. The van der Waals surface area contributed by atoms with Gasteiger partial charge in [-0.15, -0.1) is 0 Å². The van der Waals surface area contributed by atoms with E-state index in [4.69, 9.17) is 0 Å². The number of ketones is 1. The van der Waals surface area contributed by atoms with Crippen molar-refractivity contribution >= 4 is 5.78 Å². The molecule has 0 aromatic rings. The van der Waals surface area contributed by atoms with Gasteiger partial charge in [0.2, 0.25) is 0 Å². The maximum absolute atomic E-state index is 11.6. The van der Waals surface area contributed by atoms with Crippen molar-refractivity contribution in [2.24, 2.45) is 5.92 Å². The number of hydrogen-bond acceptors (Lipinski definition) is 2. The molecule has 0 radical (unpaired) electrons. The second kappa shape index (κ2) is 4.01. The van der Waals surface area contributed by atoms with Crippen molar-refractivity contribution in [2.45, 2.75) is 57.5 Å². The molecule has 1 saturated carbocycles. The first-order valence-electron chi connectivity index (χ1n) is 5.92. The molecule has 14 heavy (non-hydrogen) atoms. The number of fused-ring (bicyclic) bond motifs is 5. The SMILES string of the molecule is CC(=O)C1C2CCCCC(CC2)N1C. The van der Waals surface area contributed by atoms with Crippen LogP contribution in [0.2, 0.25) is 0 Å². The minimum atomic E-state index is 0.231. The van der Waals surface area contributed by atoms with Gasteiger partial charge in [-0.1, -0.05) is 12.8 Å². The fraction of sp³-hybridized carbons (Fsp3) is 0.917. The predicted molar refractivity (Wildman–Crippen MR) is 57.2 cm³/mol. The Hall–Kier alpha value is -0.370.